The zero-order valence-corrected chi connectivity index (χ0v) is 15.6. The van der Waals surface area contributed by atoms with Gasteiger partial charge in [-0.1, -0.05) is 0 Å². The van der Waals surface area contributed by atoms with Crippen LogP contribution >= 0.6 is 0 Å². The Hall–Kier alpha value is -2.89. The lowest BCUT2D eigenvalue weighted by Gasteiger charge is -2.17. The Morgan fingerprint density at radius 2 is 1.92 bits per heavy atom. The predicted molar refractivity (Wildman–Crippen MR) is 97.7 cm³/mol. The summed E-state index contributed by atoms with van der Waals surface area (Å²) in [7, 11) is 0. The molecule has 0 aliphatic carbocycles. The Morgan fingerprint density at radius 3 is 2.46 bits per heavy atom. The first-order chi connectivity index (χ1) is 12.3. The highest BCUT2D eigenvalue weighted by atomic mass is 16.5. The van der Waals surface area contributed by atoms with Crippen LogP contribution in [-0.2, 0) is 0 Å². The first kappa shape index (κ1) is 19.4. The minimum absolute atomic E-state index is 0.0908. The third kappa shape index (κ3) is 3.85. The van der Waals surface area contributed by atoms with E-state index in [9.17, 15) is 14.4 Å². The number of H-pyrrole nitrogens is 1. The molecule has 2 aromatic rings. The molecule has 1 aromatic heterocycles. The molecule has 6 nitrogen and oxygen atoms in total. The normalized spacial score (nSPS) is 11.7. The average Bonchev–Trinajstić information content (AvgIpc) is 2.90. The van der Waals surface area contributed by atoms with E-state index in [0.717, 1.165) is 6.29 Å². The van der Waals surface area contributed by atoms with Gasteiger partial charge in [-0.2, -0.15) is 0 Å². The molecule has 0 unspecified atom stereocenters. The molecule has 1 N–H and O–H groups in total. The van der Waals surface area contributed by atoms with Crippen molar-refractivity contribution in [3.05, 3.63) is 46.3 Å². The van der Waals surface area contributed by atoms with Crippen molar-refractivity contribution in [3.8, 4) is 11.5 Å². The largest absolute Gasteiger partial charge is 0.490 e. The summed E-state index contributed by atoms with van der Waals surface area (Å²) in [4.78, 5) is 38.5. The summed E-state index contributed by atoms with van der Waals surface area (Å²) in [6.07, 6.45) is -0.0808. The molecule has 0 saturated carbocycles. The van der Waals surface area contributed by atoms with E-state index < -0.39 is 6.10 Å². The third-order valence-electron chi connectivity index (χ3n) is 4.11. The lowest BCUT2D eigenvalue weighted by atomic mass is 10.0. The molecule has 0 saturated heterocycles. The zero-order valence-electron chi connectivity index (χ0n) is 15.6. The van der Waals surface area contributed by atoms with Crippen LogP contribution in [0.15, 0.2) is 18.2 Å². The maximum atomic E-state index is 12.8. The number of aldehydes is 1. The van der Waals surface area contributed by atoms with Gasteiger partial charge in [0.2, 0.25) is 5.78 Å². The number of aryl methyl sites for hydroxylation is 1. The summed E-state index contributed by atoms with van der Waals surface area (Å²) in [5, 5.41) is 0. The minimum atomic E-state index is -0.798. The molecule has 26 heavy (non-hydrogen) atoms. The van der Waals surface area contributed by atoms with Crippen LogP contribution in [0.1, 0.15) is 63.2 Å². The second-order valence-corrected chi connectivity index (χ2v) is 6.06. The van der Waals surface area contributed by atoms with Gasteiger partial charge in [0.15, 0.2) is 23.4 Å². The summed E-state index contributed by atoms with van der Waals surface area (Å²) in [5.41, 5.74) is 2.64. The van der Waals surface area contributed by atoms with Gasteiger partial charge < -0.3 is 14.5 Å². The summed E-state index contributed by atoms with van der Waals surface area (Å²) < 4.78 is 11.3. The summed E-state index contributed by atoms with van der Waals surface area (Å²) in [5.74, 6) is 0.429. The molecule has 0 aliphatic heterocycles. The van der Waals surface area contributed by atoms with E-state index in [2.05, 4.69) is 4.98 Å². The van der Waals surface area contributed by atoms with E-state index in [1.54, 1.807) is 39.0 Å². The van der Waals surface area contributed by atoms with Crippen molar-refractivity contribution >= 4 is 17.9 Å². The Kier molecular flexibility index (Phi) is 5.97. The molecule has 0 radical (unpaired) electrons. The molecule has 6 heteroatoms. The van der Waals surface area contributed by atoms with Crippen LogP contribution < -0.4 is 9.47 Å². The Labute approximate surface area is 152 Å². The van der Waals surface area contributed by atoms with Crippen molar-refractivity contribution in [2.45, 2.75) is 40.7 Å². The molecule has 0 bridgehead atoms. The number of carbonyl (C=O) groups is 3. The summed E-state index contributed by atoms with van der Waals surface area (Å²) in [6.45, 7) is 8.83. The molecule has 0 aliphatic rings. The van der Waals surface area contributed by atoms with Crippen molar-refractivity contribution < 1.29 is 23.9 Å². The molecule has 0 spiro atoms. The number of rotatable bonds is 8. The number of hydrogen-bond acceptors (Lipinski definition) is 5. The molecule has 0 amide bonds. The fraction of sp³-hybridized carbons (Fsp3) is 0.350. The van der Waals surface area contributed by atoms with Gasteiger partial charge in [0, 0.05) is 16.8 Å². The molecule has 1 aromatic carbocycles. The van der Waals surface area contributed by atoms with E-state index >= 15 is 0 Å². The van der Waals surface area contributed by atoms with Gasteiger partial charge in [-0.05, 0) is 58.4 Å². The number of benzene rings is 1. The van der Waals surface area contributed by atoms with Crippen LogP contribution in [0.4, 0.5) is 0 Å². The second-order valence-electron chi connectivity index (χ2n) is 6.06. The van der Waals surface area contributed by atoms with Gasteiger partial charge in [0.1, 0.15) is 6.29 Å². The minimum Gasteiger partial charge on any atom is -0.490 e. The Morgan fingerprint density at radius 1 is 1.23 bits per heavy atom. The maximum absolute atomic E-state index is 12.8. The summed E-state index contributed by atoms with van der Waals surface area (Å²) in [6, 6.07) is 4.77. The van der Waals surface area contributed by atoms with Gasteiger partial charge in [-0.25, -0.2) is 0 Å². The number of aromatic nitrogens is 1. The van der Waals surface area contributed by atoms with Crippen molar-refractivity contribution in [2.24, 2.45) is 0 Å². The third-order valence-corrected chi connectivity index (χ3v) is 4.11. The fourth-order valence-electron chi connectivity index (χ4n) is 2.94. The molecule has 0 fully saturated rings. The standard InChI is InChI=1S/C20H23NO5/c1-6-25-17-9-15(10-22)7-8-16(17)26-14(5)20(24)19-11(2)18(13(4)23)12(3)21-19/h7-10,14,21H,6H2,1-5H3/t14-/m0/s1. The zero-order chi connectivity index (χ0) is 19.4. The highest BCUT2D eigenvalue weighted by Crippen LogP contribution is 2.30. The number of nitrogens with one attached hydrogen (secondary N) is 1. The molecule has 1 heterocycles. The van der Waals surface area contributed by atoms with Crippen LogP contribution in [-0.4, -0.2) is 35.5 Å². The van der Waals surface area contributed by atoms with E-state index in [4.69, 9.17) is 9.47 Å². The number of ketones is 2. The highest BCUT2D eigenvalue weighted by molar-refractivity contribution is 6.04. The van der Waals surface area contributed by atoms with E-state index in [0.29, 0.717) is 46.2 Å². The van der Waals surface area contributed by atoms with Crippen LogP contribution in [0.3, 0.4) is 0 Å². The lowest BCUT2D eigenvalue weighted by molar-refractivity contribution is 0.0807. The fourth-order valence-corrected chi connectivity index (χ4v) is 2.94. The molecule has 138 valence electrons. The van der Waals surface area contributed by atoms with Gasteiger partial charge in [-0.3, -0.25) is 14.4 Å². The van der Waals surface area contributed by atoms with Crippen LogP contribution in [0, 0.1) is 13.8 Å². The topological polar surface area (TPSA) is 85.5 Å². The molecular formula is C20H23NO5. The number of aromatic amines is 1. The smallest absolute Gasteiger partial charge is 0.219 e. The van der Waals surface area contributed by atoms with Gasteiger partial charge >= 0.3 is 0 Å². The average molecular weight is 357 g/mol. The second kappa shape index (κ2) is 7.99. The number of carbonyl (C=O) groups excluding carboxylic acids is 3. The van der Waals surface area contributed by atoms with E-state index in [1.807, 2.05) is 6.92 Å². The van der Waals surface area contributed by atoms with Crippen molar-refractivity contribution in [1.82, 2.24) is 4.98 Å². The Bertz CT molecular complexity index is 850. The number of hydrogen-bond donors (Lipinski definition) is 1. The highest BCUT2D eigenvalue weighted by Gasteiger charge is 2.25. The monoisotopic (exact) mass is 357 g/mol. The van der Waals surface area contributed by atoms with Crippen LogP contribution in [0.25, 0.3) is 0 Å². The number of ether oxygens (including phenoxy) is 2. The predicted octanol–water partition coefficient (Wildman–Crippen LogP) is 3.70. The first-order valence-corrected chi connectivity index (χ1v) is 8.43. The summed E-state index contributed by atoms with van der Waals surface area (Å²) >= 11 is 0. The molecule has 2 rings (SSSR count). The van der Waals surface area contributed by atoms with Crippen molar-refractivity contribution in [1.29, 1.82) is 0 Å². The van der Waals surface area contributed by atoms with Crippen molar-refractivity contribution in [3.63, 3.8) is 0 Å². The van der Waals surface area contributed by atoms with Crippen molar-refractivity contribution in [2.75, 3.05) is 6.61 Å². The Balaban J connectivity index is 2.29. The van der Waals surface area contributed by atoms with Gasteiger partial charge in [0.05, 0.1) is 12.3 Å². The van der Waals surface area contributed by atoms with E-state index in [-0.39, 0.29) is 11.6 Å². The van der Waals surface area contributed by atoms with Crippen LogP contribution in [0.2, 0.25) is 0 Å². The lowest BCUT2D eigenvalue weighted by Crippen LogP contribution is -2.25. The van der Waals surface area contributed by atoms with Gasteiger partial charge in [0.25, 0.3) is 0 Å². The van der Waals surface area contributed by atoms with E-state index in [1.165, 1.54) is 6.92 Å². The first-order valence-electron chi connectivity index (χ1n) is 8.43. The quantitative estimate of drug-likeness (QED) is 0.575. The SMILES string of the molecule is CCOc1cc(C=O)ccc1O[C@@H](C)C(=O)c1[nH]c(C)c(C(C)=O)c1C. The van der Waals surface area contributed by atoms with Gasteiger partial charge in [-0.15, -0.1) is 0 Å². The number of Topliss-reactive ketones (excluding diaryl/α,β-unsaturated/α-hetero) is 2. The molecular weight excluding hydrogens is 334 g/mol. The van der Waals surface area contributed by atoms with Crippen LogP contribution in [0.5, 0.6) is 11.5 Å². The maximum Gasteiger partial charge on any atom is 0.219 e. The molecule has 1 atom stereocenters.